The van der Waals surface area contributed by atoms with Crippen molar-refractivity contribution in [1.29, 1.82) is 0 Å². The van der Waals surface area contributed by atoms with E-state index in [0.717, 1.165) is 0 Å². The number of H-pyrrole nitrogens is 1. The summed E-state index contributed by atoms with van der Waals surface area (Å²) in [6.07, 6.45) is 0. The fraction of sp³-hybridized carbons (Fsp3) is 0.167. The Kier molecular flexibility index (Phi) is 1.44. The van der Waals surface area contributed by atoms with E-state index in [2.05, 4.69) is 19.9 Å². The highest BCUT2D eigenvalue weighted by atomic mass is 16.5. The number of imidazole rings is 1. The third-order valence-corrected chi connectivity index (χ3v) is 1.53. The van der Waals surface area contributed by atoms with Crippen LogP contribution in [-0.2, 0) is 0 Å². The summed E-state index contributed by atoms with van der Waals surface area (Å²) < 4.78 is 4.82. The number of nitrogens with two attached hydrogens (primary N) is 1. The zero-order chi connectivity index (χ0) is 9.42. The molecule has 2 aromatic heterocycles. The molecule has 0 aliphatic rings. The normalized spacial score (nSPS) is 10.5. The summed E-state index contributed by atoms with van der Waals surface area (Å²) in [4.78, 5) is 13.8. The number of nitrogens with one attached hydrogen (secondary N) is 1. The van der Waals surface area contributed by atoms with Gasteiger partial charge >= 0.3 is 6.01 Å². The molecule has 13 heavy (non-hydrogen) atoms. The predicted octanol–water partition coefficient (Wildman–Crippen LogP) is -0.351. The monoisotopic (exact) mass is 181 g/mol. The molecule has 0 amide bonds. The van der Waals surface area contributed by atoms with Crippen molar-refractivity contribution in [3.05, 3.63) is 0 Å². The number of ether oxygens (including phenoxy) is 1. The van der Waals surface area contributed by atoms with Crippen LogP contribution in [0.15, 0.2) is 0 Å². The first kappa shape index (κ1) is 7.59. The van der Waals surface area contributed by atoms with E-state index >= 15 is 0 Å². The van der Waals surface area contributed by atoms with Crippen LogP contribution >= 0.6 is 0 Å². The van der Waals surface area contributed by atoms with Crippen LogP contribution in [0.1, 0.15) is 0 Å². The van der Waals surface area contributed by atoms with Crippen molar-refractivity contribution in [2.45, 2.75) is 0 Å². The lowest BCUT2D eigenvalue weighted by atomic mass is 10.5. The molecular formula is C6H7N5O2. The lowest BCUT2D eigenvalue weighted by Crippen LogP contribution is -1.93. The molecule has 0 saturated heterocycles. The molecule has 0 bridgehead atoms. The maximum atomic E-state index is 9.00. The van der Waals surface area contributed by atoms with E-state index < -0.39 is 6.01 Å². The van der Waals surface area contributed by atoms with Gasteiger partial charge in [-0.2, -0.15) is 15.0 Å². The highest BCUT2D eigenvalue weighted by molar-refractivity contribution is 5.82. The zero-order valence-electron chi connectivity index (χ0n) is 6.77. The van der Waals surface area contributed by atoms with Gasteiger partial charge in [-0.25, -0.2) is 0 Å². The Bertz CT molecular complexity index is 451. The molecule has 0 atom stereocenters. The smallest absolute Gasteiger partial charge is 0.317 e. The van der Waals surface area contributed by atoms with Gasteiger partial charge in [0.2, 0.25) is 0 Å². The molecule has 2 rings (SSSR count). The molecule has 0 saturated carbocycles. The van der Waals surface area contributed by atoms with E-state index in [4.69, 9.17) is 15.6 Å². The largest absolute Gasteiger partial charge is 0.479 e. The summed E-state index contributed by atoms with van der Waals surface area (Å²) in [5.74, 6) is 0.113. The van der Waals surface area contributed by atoms with Crippen LogP contribution in [0.4, 0.5) is 5.82 Å². The van der Waals surface area contributed by atoms with Crippen LogP contribution in [0, 0.1) is 0 Å². The molecule has 0 fully saturated rings. The Labute approximate surface area is 72.6 Å². The third kappa shape index (κ3) is 1.10. The molecule has 4 N–H and O–H groups in total. The standard InChI is InChI=1S/C6H7N5O2/c1-13-6-8-2-3(7)9-5(12)10-4(2)11-6/h1H3,(H4,7,8,9,10,11,12). The van der Waals surface area contributed by atoms with Crippen molar-refractivity contribution >= 4 is 17.0 Å². The topological polar surface area (TPSA) is 110 Å². The van der Waals surface area contributed by atoms with Gasteiger partial charge < -0.3 is 15.6 Å². The van der Waals surface area contributed by atoms with E-state index in [9.17, 15) is 0 Å². The fourth-order valence-electron chi connectivity index (χ4n) is 0.985. The number of fused-ring (bicyclic) bond motifs is 1. The van der Waals surface area contributed by atoms with E-state index in [1.165, 1.54) is 7.11 Å². The molecule has 0 spiro atoms. The summed E-state index contributed by atoms with van der Waals surface area (Å²) in [5, 5.41) is 9.00. The molecule has 0 aliphatic heterocycles. The van der Waals surface area contributed by atoms with Gasteiger partial charge in [-0.15, -0.1) is 0 Å². The van der Waals surface area contributed by atoms with E-state index in [-0.39, 0.29) is 11.8 Å². The van der Waals surface area contributed by atoms with Crippen LogP contribution in [0.2, 0.25) is 0 Å². The molecular weight excluding hydrogens is 174 g/mol. The minimum Gasteiger partial charge on any atom is -0.479 e. The second-order valence-corrected chi connectivity index (χ2v) is 2.35. The van der Waals surface area contributed by atoms with Crippen LogP contribution < -0.4 is 10.5 Å². The Morgan fingerprint density at radius 1 is 1.38 bits per heavy atom. The minimum atomic E-state index is -0.392. The number of nitrogen functional groups attached to an aromatic ring is 1. The Morgan fingerprint density at radius 2 is 2.15 bits per heavy atom. The van der Waals surface area contributed by atoms with Crippen LogP contribution in [0.3, 0.4) is 0 Å². The lowest BCUT2D eigenvalue weighted by molar-refractivity contribution is 0.385. The van der Waals surface area contributed by atoms with Gasteiger partial charge in [0, 0.05) is 0 Å². The van der Waals surface area contributed by atoms with Crippen molar-refractivity contribution in [3.8, 4) is 12.0 Å². The number of methoxy groups -OCH3 is 1. The molecule has 0 aromatic carbocycles. The van der Waals surface area contributed by atoms with Gasteiger partial charge in [-0.05, 0) is 0 Å². The SMILES string of the molecule is COc1nc2c(N)nc(O)nc2[nH]1. The van der Waals surface area contributed by atoms with Crippen LogP contribution in [0.25, 0.3) is 11.2 Å². The summed E-state index contributed by atoms with van der Waals surface area (Å²) >= 11 is 0. The number of anilines is 1. The number of aromatic nitrogens is 4. The van der Waals surface area contributed by atoms with Crippen molar-refractivity contribution in [2.24, 2.45) is 0 Å². The first-order valence-corrected chi connectivity index (χ1v) is 3.47. The number of hydrogen-bond donors (Lipinski definition) is 3. The molecule has 0 unspecified atom stereocenters. The van der Waals surface area contributed by atoms with Crippen LogP contribution in [0.5, 0.6) is 12.0 Å². The highest BCUT2D eigenvalue weighted by Crippen LogP contribution is 2.19. The number of aromatic hydroxyl groups is 1. The number of hydrogen-bond acceptors (Lipinski definition) is 6. The molecule has 0 radical (unpaired) electrons. The number of aromatic amines is 1. The maximum Gasteiger partial charge on any atom is 0.317 e. The van der Waals surface area contributed by atoms with E-state index in [1.54, 1.807) is 0 Å². The lowest BCUT2D eigenvalue weighted by Gasteiger charge is -1.92. The molecule has 2 heterocycles. The summed E-state index contributed by atoms with van der Waals surface area (Å²) in [7, 11) is 1.46. The van der Waals surface area contributed by atoms with Crippen molar-refractivity contribution in [3.63, 3.8) is 0 Å². The summed E-state index contributed by atoms with van der Waals surface area (Å²) in [6.45, 7) is 0. The summed E-state index contributed by atoms with van der Waals surface area (Å²) in [5.41, 5.74) is 6.21. The Balaban J connectivity index is 2.75. The Morgan fingerprint density at radius 3 is 2.85 bits per heavy atom. The molecule has 0 aliphatic carbocycles. The van der Waals surface area contributed by atoms with E-state index in [1.807, 2.05) is 0 Å². The second-order valence-electron chi connectivity index (χ2n) is 2.35. The number of rotatable bonds is 1. The van der Waals surface area contributed by atoms with Crippen LogP contribution in [-0.4, -0.2) is 32.2 Å². The van der Waals surface area contributed by atoms with Crippen molar-refractivity contribution < 1.29 is 9.84 Å². The average Bonchev–Trinajstić information content (AvgIpc) is 2.47. The fourth-order valence-corrected chi connectivity index (χ4v) is 0.985. The minimum absolute atomic E-state index is 0.113. The van der Waals surface area contributed by atoms with Gasteiger partial charge in [-0.1, -0.05) is 0 Å². The van der Waals surface area contributed by atoms with Crippen molar-refractivity contribution in [2.75, 3.05) is 12.8 Å². The van der Waals surface area contributed by atoms with Gasteiger partial charge in [0.25, 0.3) is 6.01 Å². The van der Waals surface area contributed by atoms with Gasteiger partial charge in [0.05, 0.1) is 7.11 Å². The highest BCUT2D eigenvalue weighted by Gasteiger charge is 2.09. The first-order chi connectivity index (χ1) is 6.20. The molecule has 7 heteroatoms. The number of nitrogens with zero attached hydrogens (tertiary/aromatic N) is 3. The second kappa shape index (κ2) is 2.47. The van der Waals surface area contributed by atoms with Gasteiger partial charge in [-0.3, -0.25) is 4.98 Å². The molecule has 7 nitrogen and oxygen atoms in total. The third-order valence-electron chi connectivity index (χ3n) is 1.53. The summed E-state index contributed by atoms with van der Waals surface area (Å²) in [6, 6.07) is -0.113. The molecule has 68 valence electrons. The van der Waals surface area contributed by atoms with Crippen molar-refractivity contribution in [1.82, 2.24) is 19.9 Å². The van der Waals surface area contributed by atoms with Gasteiger partial charge in [0.1, 0.15) is 0 Å². The average molecular weight is 181 g/mol. The molecule has 2 aromatic rings. The Hall–Kier alpha value is -2.05. The predicted molar refractivity (Wildman–Crippen MR) is 44.3 cm³/mol. The van der Waals surface area contributed by atoms with E-state index in [0.29, 0.717) is 11.2 Å². The first-order valence-electron chi connectivity index (χ1n) is 3.47. The zero-order valence-corrected chi connectivity index (χ0v) is 6.77. The maximum absolute atomic E-state index is 9.00. The quantitative estimate of drug-likeness (QED) is 0.554. The van der Waals surface area contributed by atoms with Gasteiger partial charge in [0.15, 0.2) is 17.0 Å².